The second kappa shape index (κ2) is 25.2. The Hall–Kier alpha value is -1.53. The van der Waals surface area contributed by atoms with Crippen LogP contribution in [0.25, 0.3) is 0 Å². The fourth-order valence-electron chi connectivity index (χ4n) is 12.4. The Balaban J connectivity index is 1.96. The molecule has 1 aliphatic carbocycles. The summed E-state index contributed by atoms with van der Waals surface area (Å²) in [5.74, 6) is -6.67. The van der Waals surface area contributed by atoms with Gasteiger partial charge in [0.15, 0.2) is 0 Å². The largest absolute Gasteiger partial charge is 0.456 e. The minimum Gasteiger partial charge on any atom is -0.456 e. The highest BCUT2D eigenvalue weighted by Gasteiger charge is 2.57. The maximum absolute atomic E-state index is 15.1. The predicted molar refractivity (Wildman–Crippen MR) is 274 cm³/mol. The normalized spacial score (nSPS) is 36.5. The molecular formula is C53H90INO11Si. The second-order valence-electron chi connectivity index (χ2n) is 22.0. The lowest BCUT2D eigenvalue weighted by atomic mass is 9.82. The average molecular weight is 1070 g/mol. The first-order valence-corrected chi connectivity index (χ1v) is 29.0. The molecule has 2 saturated heterocycles. The molecule has 3 heterocycles. The molecule has 0 radical (unpaired) electrons. The van der Waals surface area contributed by atoms with Crippen LogP contribution < -0.4 is 0 Å². The van der Waals surface area contributed by atoms with Gasteiger partial charge in [0.1, 0.15) is 24.0 Å². The number of aliphatic hydroxyl groups is 1. The molecule has 3 aliphatic heterocycles. The second-order valence-corrected chi connectivity index (χ2v) is 29.5. The van der Waals surface area contributed by atoms with E-state index in [0.29, 0.717) is 32.1 Å². The number of carbonyl (C=O) groups is 4. The summed E-state index contributed by atoms with van der Waals surface area (Å²) in [6, 6.07) is -1.08. The van der Waals surface area contributed by atoms with Gasteiger partial charge < -0.3 is 38.1 Å². The molecule has 3 fully saturated rings. The number of carbonyl (C=O) groups excluding carboxylic acids is 4. The zero-order valence-electron chi connectivity index (χ0n) is 44.0. The van der Waals surface area contributed by atoms with Crippen molar-refractivity contribution in [2.24, 2.45) is 23.7 Å². The summed E-state index contributed by atoms with van der Waals surface area (Å²) < 4.78 is 38.4. The van der Waals surface area contributed by atoms with E-state index in [0.717, 1.165) is 43.3 Å². The summed E-state index contributed by atoms with van der Waals surface area (Å²) in [4.78, 5) is 60.6. The SMILES string of the molecule is CCCC1C=C(C)CC(C)CC(OC)C2OC(O)(C(=O)C(=O)N3CCCCC3C(=O)OC(C(C)=CC3(I)CCCC(OC)C3)C(C)C(O[Si](C(C)C)(C(C)C)C(C)C)CC1=O)C(C)CC2OC. The van der Waals surface area contributed by atoms with Crippen LogP contribution in [0.15, 0.2) is 23.3 Å². The lowest BCUT2D eigenvalue weighted by molar-refractivity contribution is -0.302. The van der Waals surface area contributed by atoms with Gasteiger partial charge >= 0.3 is 5.97 Å². The van der Waals surface area contributed by atoms with E-state index in [4.69, 9.17) is 28.1 Å². The molecule has 1 saturated carbocycles. The Bertz CT molecular complexity index is 1710. The van der Waals surface area contributed by atoms with Crippen LogP contribution in [-0.4, -0.2) is 122 Å². The van der Waals surface area contributed by atoms with Crippen molar-refractivity contribution >= 4 is 54.4 Å². The standard InChI is InChI=1S/C53H90INO11Si/c1-16-20-40-26-35(8)25-36(9)27-45(62-14)48-46(63-15)28-38(11)53(60,65-48)49(57)50(58)55-24-18-17-22-42(55)51(59)64-47(37(10)30-52(54)23-19-21-41(31-52)61-13)39(12)44(29-43(40)56)66-67(32(2)3,33(4)5)34(6)7/h26,30,32-34,36,38-42,44-48,60H,16-25,27-29,31H2,1-15H3. The van der Waals surface area contributed by atoms with Crippen molar-refractivity contribution in [2.75, 3.05) is 27.9 Å². The fourth-order valence-corrected chi connectivity index (χ4v) is 19.4. The quantitative estimate of drug-likeness (QED) is 0.0497. The highest BCUT2D eigenvalue weighted by molar-refractivity contribution is 14.1. The number of cyclic esters (lactones) is 1. The third kappa shape index (κ3) is 13.7. The molecule has 4 aliphatic rings. The van der Waals surface area contributed by atoms with Crippen molar-refractivity contribution in [1.82, 2.24) is 4.90 Å². The zero-order chi connectivity index (χ0) is 50.2. The van der Waals surface area contributed by atoms with Gasteiger partial charge in [-0.1, -0.05) is 116 Å². The summed E-state index contributed by atoms with van der Waals surface area (Å²) in [6.07, 6.45) is 9.33. The van der Waals surface area contributed by atoms with E-state index < -0.39 is 80.2 Å². The number of methoxy groups -OCH3 is 3. The lowest BCUT2D eigenvalue weighted by Gasteiger charge is -2.47. The fraction of sp³-hybridized carbons (Fsp3) is 0.849. The van der Waals surface area contributed by atoms with E-state index >= 15 is 9.59 Å². The molecule has 14 heteroatoms. The molecule has 2 bridgehead atoms. The monoisotopic (exact) mass is 1070 g/mol. The number of fused-ring (bicyclic) bond motifs is 3. The summed E-state index contributed by atoms with van der Waals surface area (Å²) in [5.41, 5.74) is 2.62. The topological polar surface area (TPSA) is 147 Å². The van der Waals surface area contributed by atoms with Gasteiger partial charge in [-0.05, 0) is 113 Å². The van der Waals surface area contributed by atoms with Crippen LogP contribution in [0, 0.1) is 23.7 Å². The van der Waals surface area contributed by atoms with Crippen molar-refractivity contribution in [3.8, 4) is 0 Å². The molecule has 12 nitrogen and oxygen atoms in total. The Morgan fingerprint density at radius 1 is 0.910 bits per heavy atom. The highest BCUT2D eigenvalue weighted by Crippen LogP contribution is 2.46. The Morgan fingerprint density at radius 3 is 2.12 bits per heavy atom. The van der Waals surface area contributed by atoms with Crippen LogP contribution in [-0.2, 0) is 47.3 Å². The van der Waals surface area contributed by atoms with Gasteiger partial charge in [-0.15, -0.1) is 0 Å². The van der Waals surface area contributed by atoms with Crippen LogP contribution in [0.5, 0.6) is 0 Å². The van der Waals surface area contributed by atoms with E-state index in [-0.39, 0.29) is 69.6 Å². The number of hydrogen-bond acceptors (Lipinski definition) is 11. The summed E-state index contributed by atoms with van der Waals surface area (Å²) in [5, 5.41) is 12.3. The number of esters is 1. The Morgan fingerprint density at radius 2 is 1.54 bits per heavy atom. The van der Waals surface area contributed by atoms with Crippen molar-refractivity contribution in [3.63, 3.8) is 0 Å². The molecule has 1 amide bonds. The molecule has 1 N–H and O–H groups in total. The van der Waals surface area contributed by atoms with Crippen molar-refractivity contribution in [1.29, 1.82) is 0 Å². The number of amides is 1. The minimum absolute atomic E-state index is 0.0572. The van der Waals surface area contributed by atoms with Crippen molar-refractivity contribution in [3.05, 3.63) is 23.3 Å². The highest BCUT2D eigenvalue weighted by atomic mass is 127. The number of ether oxygens (including phenoxy) is 5. The van der Waals surface area contributed by atoms with Gasteiger partial charge in [-0.2, -0.15) is 0 Å². The first-order chi connectivity index (χ1) is 31.4. The van der Waals surface area contributed by atoms with Gasteiger partial charge in [0, 0.05) is 55.5 Å². The zero-order valence-corrected chi connectivity index (χ0v) is 47.1. The Labute approximate surface area is 419 Å². The van der Waals surface area contributed by atoms with Gasteiger partial charge in [-0.3, -0.25) is 14.4 Å². The van der Waals surface area contributed by atoms with Crippen molar-refractivity contribution in [2.45, 2.75) is 235 Å². The van der Waals surface area contributed by atoms with Crippen molar-refractivity contribution < 1.29 is 52.4 Å². The van der Waals surface area contributed by atoms with Crippen LogP contribution in [0.4, 0.5) is 0 Å². The third-order valence-electron chi connectivity index (χ3n) is 16.0. The number of Topliss-reactive ketones (excluding diaryl/α,β-unsaturated/α-hetero) is 2. The number of nitrogens with zero attached hydrogens (tertiary/aromatic N) is 1. The third-order valence-corrected chi connectivity index (χ3v) is 23.4. The van der Waals surface area contributed by atoms with E-state index in [2.05, 4.69) is 104 Å². The summed E-state index contributed by atoms with van der Waals surface area (Å²) in [7, 11) is 2.27. The molecular weight excluding hydrogens is 982 g/mol. The maximum Gasteiger partial charge on any atom is 0.329 e. The first-order valence-electron chi connectivity index (χ1n) is 25.7. The molecule has 4 rings (SSSR count). The van der Waals surface area contributed by atoms with Gasteiger partial charge in [0.2, 0.25) is 14.1 Å². The van der Waals surface area contributed by atoms with E-state index in [1.165, 1.54) is 4.90 Å². The molecule has 67 heavy (non-hydrogen) atoms. The van der Waals surface area contributed by atoms with Crippen LogP contribution >= 0.6 is 22.6 Å². The molecule has 0 aromatic rings. The smallest absolute Gasteiger partial charge is 0.329 e. The molecule has 13 atom stereocenters. The summed E-state index contributed by atoms with van der Waals surface area (Å²) in [6.45, 7) is 25.7. The number of piperidine rings is 1. The van der Waals surface area contributed by atoms with Gasteiger partial charge in [0.05, 0.1) is 24.4 Å². The van der Waals surface area contributed by atoms with E-state index in [1.54, 1.807) is 28.3 Å². The number of halogens is 1. The van der Waals surface area contributed by atoms with Gasteiger partial charge in [-0.25, -0.2) is 4.79 Å². The van der Waals surface area contributed by atoms with Crippen LogP contribution in [0.1, 0.15) is 167 Å². The van der Waals surface area contributed by atoms with Gasteiger partial charge in [0.25, 0.3) is 11.7 Å². The summed E-state index contributed by atoms with van der Waals surface area (Å²) >= 11 is 2.53. The number of allylic oxidation sites excluding steroid dienone is 3. The predicted octanol–water partition coefficient (Wildman–Crippen LogP) is 10.6. The molecule has 384 valence electrons. The van der Waals surface area contributed by atoms with Crippen LogP contribution in [0.2, 0.25) is 16.6 Å². The van der Waals surface area contributed by atoms with Crippen LogP contribution in [0.3, 0.4) is 0 Å². The number of hydrogen-bond donors (Lipinski definition) is 1. The molecule has 0 aromatic heterocycles. The van der Waals surface area contributed by atoms with E-state index in [1.807, 2.05) is 6.92 Å². The minimum atomic E-state index is -2.63. The Kier molecular flexibility index (Phi) is 21.8. The lowest BCUT2D eigenvalue weighted by Crippen LogP contribution is -2.64. The van der Waals surface area contributed by atoms with E-state index in [9.17, 15) is 14.7 Å². The molecule has 0 spiro atoms. The first kappa shape index (κ1) is 58.0. The average Bonchev–Trinajstić information content (AvgIpc) is 3.27. The molecule has 0 aromatic carbocycles. The number of alkyl halides is 1. The number of ketones is 2. The maximum atomic E-state index is 15.1. The number of rotatable bonds is 12. The molecule has 13 unspecified atom stereocenters.